The highest BCUT2D eigenvalue weighted by Gasteiger charge is 2.30. The lowest BCUT2D eigenvalue weighted by atomic mass is 9.85. The van der Waals surface area contributed by atoms with E-state index in [1.165, 1.54) is 11.0 Å². The van der Waals surface area contributed by atoms with E-state index in [2.05, 4.69) is 15.9 Å². The number of amides is 1. The number of halogens is 2. The number of aliphatic hydroxyl groups is 2. The molecule has 1 aromatic carbocycles. The molecule has 0 bridgehead atoms. The molecule has 5 N–H and O–H groups in total. The Morgan fingerprint density at radius 1 is 1.43 bits per heavy atom. The molecule has 1 heterocycles. The van der Waals surface area contributed by atoms with Crippen LogP contribution in [0.15, 0.2) is 16.6 Å². The number of phenols is 1. The summed E-state index contributed by atoms with van der Waals surface area (Å²) in [5, 5.41) is 28.8. The second kappa shape index (κ2) is 7.81. The summed E-state index contributed by atoms with van der Waals surface area (Å²) < 4.78 is 0.603. The van der Waals surface area contributed by atoms with Crippen molar-refractivity contribution in [3.8, 4) is 5.75 Å². The third-order valence-electron chi connectivity index (χ3n) is 4.25. The van der Waals surface area contributed by atoms with Crippen LogP contribution in [0.5, 0.6) is 5.75 Å². The third kappa shape index (κ3) is 4.16. The quantitative estimate of drug-likeness (QED) is 0.603. The Balaban J connectivity index is 2.03. The van der Waals surface area contributed by atoms with Crippen LogP contribution in [0.3, 0.4) is 0 Å². The zero-order valence-electron chi connectivity index (χ0n) is 12.5. The first-order valence-electron chi connectivity index (χ1n) is 7.36. The van der Waals surface area contributed by atoms with Crippen molar-refractivity contribution in [1.82, 2.24) is 4.90 Å². The van der Waals surface area contributed by atoms with Gasteiger partial charge in [0.15, 0.2) is 6.10 Å². The zero-order valence-corrected chi connectivity index (χ0v) is 14.8. The van der Waals surface area contributed by atoms with Gasteiger partial charge in [-0.2, -0.15) is 0 Å². The number of nitrogens with zero attached hydrogens (tertiary/aromatic N) is 1. The number of likely N-dealkylation sites (tertiary alicyclic amines) is 1. The van der Waals surface area contributed by atoms with Gasteiger partial charge in [0.25, 0.3) is 5.91 Å². The minimum Gasteiger partial charge on any atom is -0.508 e. The van der Waals surface area contributed by atoms with Gasteiger partial charge >= 0.3 is 0 Å². The first-order valence-corrected chi connectivity index (χ1v) is 8.53. The Morgan fingerprint density at radius 2 is 2.04 bits per heavy atom. The number of piperidine rings is 1. The molecule has 0 radical (unpaired) electrons. The second-order valence-electron chi connectivity index (χ2n) is 5.71. The SMILES string of the molecule is N[C@@H](c1cc(Cl)c(Br)cc1O)C1CCN(C(=O)[C@H](O)CO)CC1. The maximum absolute atomic E-state index is 11.8. The van der Waals surface area contributed by atoms with E-state index in [0.717, 1.165) is 0 Å². The van der Waals surface area contributed by atoms with Crippen LogP contribution in [0.25, 0.3) is 0 Å². The van der Waals surface area contributed by atoms with Crippen LogP contribution < -0.4 is 5.73 Å². The van der Waals surface area contributed by atoms with Gasteiger partial charge in [-0.05, 0) is 46.8 Å². The van der Waals surface area contributed by atoms with Crippen LogP contribution >= 0.6 is 27.5 Å². The molecule has 0 aromatic heterocycles. The first-order chi connectivity index (χ1) is 10.8. The highest BCUT2D eigenvalue weighted by Crippen LogP contribution is 2.37. The molecule has 2 rings (SSSR count). The van der Waals surface area contributed by atoms with Crippen LogP contribution in [0.4, 0.5) is 0 Å². The molecule has 0 spiro atoms. The Morgan fingerprint density at radius 3 is 2.61 bits per heavy atom. The van der Waals surface area contributed by atoms with E-state index in [4.69, 9.17) is 22.4 Å². The van der Waals surface area contributed by atoms with Gasteiger partial charge in [0.05, 0.1) is 11.6 Å². The van der Waals surface area contributed by atoms with E-state index in [1.807, 2.05) is 0 Å². The number of hydrogen-bond donors (Lipinski definition) is 4. The maximum Gasteiger partial charge on any atom is 0.253 e. The molecule has 128 valence electrons. The van der Waals surface area contributed by atoms with Crippen molar-refractivity contribution in [2.45, 2.75) is 25.0 Å². The normalized spacial score (nSPS) is 18.7. The number of carbonyl (C=O) groups is 1. The number of aromatic hydroxyl groups is 1. The summed E-state index contributed by atoms with van der Waals surface area (Å²) in [6.45, 7) is 0.335. The molecule has 23 heavy (non-hydrogen) atoms. The summed E-state index contributed by atoms with van der Waals surface area (Å²) >= 11 is 9.31. The fourth-order valence-corrected chi connectivity index (χ4v) is 3.34. The average molecular weight is 408 g/mol. The maximum atomic E-state index is 11.8. The number of carbonyl (C=O) groups excluding carboxylic acids is 1. The van der Waals surface area contributed by atoms with Gasteiger partial charge in [0.2, 0.25) is 0 Å². The Bertz CT molecular complexity index is 579. The van der Waals surface area contributed by atoms with E-state index in [1.54, 1.807) is 6.07 Å². The molecule has 6 nitrogen and oxygen atoms in total. The Kier molecular flexibility index (Phi) is 6.27. The molecule has 1 saturated heterocycles. The van der Waals surface area contributed by atoms with Crippen molar-refractivity contribution in [3.63, 3.8) is 0 Å². The molecular formula is C15H20BrClN2O4. The molecule has 1 aliphatic heterocycles. The van der Waals surface area contributed by atoms with Crippen molar-refractivity contribution in [2.75, 3.05) is 19.7 Å². The number of benzene rings is 1. The largest absolute Gasteiger partial charge is 0.508 e. The minimum atomic E-state index is -1.37. The van der Waals surface area contributed by atoms with Crippen molar-refractivity contribution in [2.24, 2.45) is 11.7 Å². The minimum absolute atomic E-state index is 0.0861. The van der Waals surface area contributed by atoms with Gasteiger partial charge < -0.3 is 26.0 Å². The molecule has 0 saturated carbocycles. The van der Waals surface area contributed by atoms with Crippen molar-refractivity contribution >= 4 is 33.4 Å². The molecule has 1 aliphatic rings. The summed E-state index contributed by atoms with van der Waals surface area (Å²) in [6, 6.07) is 2.78. The zero-order chi connectivity index (χ0) is 17.1. The van der Waals surface area contributed by atoms with Crippen molar-refractivity contribution in [3.05, 3.63) is 27.2 Å². The van der Waals surface area contributed by atoms with Gasteiger partial charge in [-0.1, -0.05) is 11.6 Å². The molecule has 8 heteroatoms. The van der Waals surface area contributed by atoms with Crippen LogP contribution in [-0.2, 0) is 4.79 Å². The van der Waals surface area contributed by atoms with Crippen LogP contribution in [0.2, 0.25) is 5.02 Å². The van der Waals surface area contributed by atoms with Crippen molar-refractivity contribution < 1.29 is 20.1 Å². The molecule has 1 amide bonds. The predicted molar refractivity (Wildman–Crippen MR) is 90.1 cm³/mol. The van der Waals surface area contributed by atoms with E-state index in [0.29, 0.717) is 41.0 Å². The lowest BCUT2D eigenvalue weighted by molar-refractivity contribution is -0.143. The van der Waals surface area contributed by atoms with E-state index in [-0.39, 0.29) is 17.7 Å². The number of aliphatic hydroxyl groups excluding tert-OH is 2. The fourth-order valence-electron chi connectivity index (χ4n) is 2.84. The van der Waals surface area contributed by atoms with Crippen LogP contribution in [0, 0.1) is 5.92 Å². The standard InChI is InChI=1S/C15H20BrClN2O4/c16-10-6-12(21)9(5-11(10)17)14(18)8-1-3-19(4-2-8)15(23)13(22)7-20/h5-6,8,13-14,20-22H,1-4,7,18H2/t13-,14-/m1/s1. The summed E-state index contributed by atoms with van der Waals surface area (Å²) in [5.41, 5.74) is 6.85. The molecule has 0 aliphatic carbocycles. The highest BCUT2D eigenvalue weighted by molar-refractivity contribution is 9.10. The van der Waals surface area contributed by atoms with Crippen molar-refractivity contribution in [1.29, 1.82) is 0 Å². The average Bonchev–Trinajstić information content (AvgIpc) is 2.56. The third-order valence-corrected chi connectivity index (χ3v) is 5.44. The second-order valence-corrected chi connectivity index (χ2v) is 6.97. The van der Waals surface area contributed by atoms with Gasteiger partial charge in [0, 0.05) is 29.2 Å². The number of phenolic OH excluding ortho intramolecular Hbond substituents is 1. The molecular weight excluding hydrogens is 388 g/mol. The molecule has 2 atom stereocenters. The topological polar surface area (TPSA) is 107 Å². The summed E-state index contributed by atoms with van der Waals surface area (Å²) in [6.07, 6.45) is -0.0642. The highest BCUT2D eigenvalue weighted by atomic mass is 79.9. The monoisotopic (exact) mass is 406 g/mol. The lowest BCUT2D eigenvalue weighted by Gasteiger charge is -2.35. The van der Waals surface area contributed by atoms with E-state index in [9.17, 15) is 15.0 Å². The fraction of sp³-hybridized carbons (Fsp3) is 0.533. The van der Waals surface area contributed by atoms with Gasteiger partial charge in [0.1, 0.15) is 5.75 Å². The number of nitrogens with two attached hydrogens (primary N) is 1. The molecule has 0 unspecified atom stereocenters. The Hall–Kier alpha value is -0.860. The molecule has 1 fully saturated rings. The smallest absolute Gasteiger partial charge is 0.253 e. The first kappa shape index (κ1) is 18.5. The van der Waals surface area contributed by atoms with E-state index >= 15 is 0 Å². The summed E-state index contributed by atoms with van der Waals surface area (Å²) in [7, 11) is 0. The van der Waals surface area contributed by atoms with Gasteiger partial charge in [-0.3, -0.25) is 4.79 Å². The summed E-state index contributed by atoms with van der Waals surface area (Å²) in [5.74, 6) is -0.287. The van der Waals surface area contributed by atoms with E-state index < -0.39 is 18.6 Å². The van der Waals surface area contributed by atoms with Gasteiger partial charge in [-0.15, -0.1) is 0 Å². The number of hydrogen-bond acceptors (Lipinski definition) is 5. The Labute approximate surface area is 148 Å². The molecule has 1 aromatic rings. The summed E-state index contributed by atoms with van der Waals surface area (Å²) in [4.78, 5) is 13.4. The lowest BCUT2D eigenvalue weighted by Crippen LogP contribution is -2.46. The van der Waals surface area contributed by atoms with Gasteiger partial charge in [-0.25, -0.2) is 0 Å². The number of rotatable bonds is 4. The van der Waals surface area contributed by atoms with Crippen LogP contribution in [-0.4, -0.2) is 51.9 Å². The predicted octanol–water partition coefficient (Wildman–Crippen LogP) is 1.40. The van der Waals surface area contributed by atoms with Crippen LogP contribution in [0.1, 0.15) is 24.4 Å².